The minimum Gasteiger partial charge on any atom is -0.374 e. The van der Waals surface area contributed by atoms with E-state index in [4.69, 9.17) is 9.47 Å². The highest BCUT2D eigenvalue weighted by Crippen LogP contribution is 2.22. The van der Waals surface area contributed by atoms with Crippen LogP contribution in [0.3, 0.4) is 0 Å². The summed E-state index contributed by atoms with van der Waals surface area (Å²) in [6.07, 6.45) is 6.20. The molecule has 2 aliphatic rings. The number of anilines is 1. The van der Waals surface area contributed by atoms with Gasteiger partial charge in [0.25, 0.3) is 5.91 Å². The minimum atomic E-state index is -0.411. The number of benzene rings is 1. The Morgan fingerprint density at radius 3 is 2.96 bits per heavy atom. The van der Waals surface area contributed by atoms with Crippen LogP contribution in [0, 0.1) is 0 Å². The van der Waals surface area contributed by atoms with Crippen LogP contribution in [0.15, 0.2) is 24.3 Å². The molecule has 1 saturated carbocycles. The minimum absolute atomic E-state index is 0.0949. The van der Waals surface area contributed by atoms with Crippen molar-refractivity contribution in [1.29, 1.82) is 0 Å². The van der Waals surface area contributed by atoms with Crippen LogP contribution < -0.4 is 10.6 Å². The van der Waals surface area contributed by atoms with Gasteiger partial charge in [-0.05, 0) is 30.5 Å². The Morgan fingerprint density at radius 1 is 1.30 bits per heavy atom. The number of morpholine rings is 1. The lowest BCUT2D eigenvalue weighted by atomic mass is 9.98. The van der Waals surface area contributed by atoms with Gasteiger partial charge in [0.1, 0.15) is 6.10 Å². The van der Waals surface area contributed by atoms with Crippen molar-refractivity contribution in [3.63, 3.8) is 0 Å². The molecule has 5 heteroatoms. The number of rotatable bonds is 5. The number of nitrogens with one attached hydrogen (secondary N) is 2. The second-order valence-corrected chi connectivity index (χ2v) is 6.32. The van der Waals surface area contributed by atoms with Gasteiger partial charge in [-0.2, -0.15) is 0 Å². The molecule has 1 aromatic rings. The van der Waals surface area contributed by atoms with Crippen LogP contribution in [-0.4, -0.2) is 37.8 Å². The highest BCUT2D eigenvalue weighted by molar-refractivity contribution is 5.94. The van der Waals surface area contributed by atoms with Crippen LogP contribution in [0.5, 0.6) is 0 Å². The summed E-state index contributed by atoms with van der Waals surface area (Å²) in [5.74, 6) is -0.0949. The molecule has 1 aromatic carbocycles. The van der Waals surface area contributed by atoms with Crippen LogP contribution in [0.1, 0.15) is 37.7 Å². The molecule has 126 valence electrons. The van der Waals surface area contributed by atoms with Crippen molar-refractivity contribution in [2.24, 2.45) is 0 Å². The van der Waals surface area contributed by atoms with E-state index in [0.717, 1.165) is 17.8 Å². The third kappa shape index (κ3) is 5.03. The molecule has 23 heavy (non-hydrogen) atoms. The van der Waals surface area contributed by atoms with Gasteiger partial charge in [0, 0.05) is 18.8 Å². The molecule has 5 nitrogen and oxygen atoms in total. The van der Waals surface area contributed by atoms with Gasteiger partial charge in [0.05, 0.1) is 19.3 Å². The quantitative estimate of drug-likeness (QED) is 0.875. The molecule has 1 saturated heterocycles. The lowest BCUT2D eigenvalue weighted by molar-refractivity contribution is -0.128. The Hall–Kier alpha value is -1.43. The fraction of sp³-hybridized carbons (Fsp3) is 0.611. The zero-order valence-electron chi connectivity index (χ0n) is 13.6. The maximum Gasteiger partial charge on any atom is 0.254 e. The number of hydrogen-bond donors (Lipinski definition) is 2. The molecule has 3 rings (SSSR count). The smallest absolute Gasteiger partial charge is 0.254 e. The van der Waals surface area contributed by atoms with E-state index in [1.165, 1.54) is 32.1 Å². The summed E-state index contributed by atoms with van der Waals surface area (Å²) in [5.41, 5.74) is 1.89. The first-order valence-corrected chi connectivity index (χ1v) is 8.65. The fourth-order valence-electron chi connectivity index (χ4n) is 3.14. The highest BCUT2D eigenvalue weighted by atomic mass is 16.5. The van der Waals surface area contributed by atoms with E-state index in [1.807, 2.05) is 24.3 Å². The molecule has 1 unspecified atom stereocenters. The topological polar surface area (TPSA) is 59.6 Å². The van der Waals surface area contributed by atoms with Gasteiger partial charge in [-0.1, -0.05) is 31.4 Å². The maximum atomic E-state index is 12.2. The van der Waals surface area contributed by atoms with Crippen LogP contribution in [0.2, 0.25) is 0 Å². The van der Waals surface area contributed by atoms with Gasteiger partial charge < -0.3 is 20.1 Å². The van der Waals surface area contributed by atoms with Crippen LogP contribution in [0.4, 0.5) is 5.69 Å². The normalized spacial score (nSPS) is 22.7. The molecular formula is C18H26N2O3. The lowest BCUT2D eigenvalue weighted by Crippen LogP contribution is -2.45. The van der Waals surface area contributed by atoms with E-state index in [1.54, 1.807) is 0 Å². The van der Waals surface area contributed by atoms with Crippen molar-refractivity contribution >= 4 is 11.6 Å². The summed E-state index contributed by atoms with van der Waals surface area (Å²) in [5, 5.41) is 6.09. The molecule has 2 fully saturated rings. The summed E-state index contributed by atoms with van der Waals surface area (Å²) in [6.45, 7) is 2.55. The van der Waals surface area contributed by atoms with Gasteiger partial charge in [-0.15, -0.1) is 0 Å². The van der Waals surface area contributed by atoms with E-state index >= 15 is 0 Å². The van der Waals surface area contributed by atoms with Gasteiger partial charge in [0.2, 0.25) is 0 Å². The molecule has 0 spiro atoms. The Morgan fingerprint density at radius 2 is 2.17 bits per heavy atom. The van der Waals surface area contributed by atoms with Crippen LogP contribution >= 0.6 is 0 Å². The zero-order chi connectivity index (χ0) is 15.9. The first kappa shape index (κ1) is 16.4. The SMILES string of the molecule is O=C(Nc1cccc(COC2CCCCC2)c1)C1CNCCO1. The number of carbonyl (C=O) groups excluding carboxylic acids is 1. The summed E-state index contributed by atoms with van der Waals surface area (Å²) in [7, 11) is 0. The van der Waals surface area contributed by atoms with E-state index < -0.39 is 6.10 Å². The van der Waals surface area contributed by atoms with E-state index in [9.17, 15) is 4.79 Å². The second-order valence-electron chi connectivity index (χ2n) is 6.32. The molecule has 0 bridgehead atoms. The summed E-state index contributed by atoms with van der Waals surface area (Å²) in [4.78, 5) is 12.2. The van der Waals surface area contributed by atoms with Crippen molar-refractivity contribution in [2.45, 2.75) is 50.9 Å². The van der Waals surface area contributed by atoms with Crippen molar-refractivity contribution in [3.05, 3.63) is 29.8 Å². The molecule has 1 amide bonds. The number of amides is 1. The first-order chi connectivity index (χ1) is 11.3. The van der Waals surface area contributed by atoms with Gasteiger partial charge in [-0.3, -0.25) is 4.79 Å². The molecule has 1 heterocycles. The molecule has 0 radical (unpaired) electrons. The molecule has 1 aliphatic carbocycles. The maximum absolute atomic E-state index is 12.2. The number of ether oxygens (including phenoxy) is 2. The van der Waals surface area contributed by atoms with Crippen molar-refractivity contribution in [3.8, 4) is 0 Å². The predicted octanol–water partition coefficient (Wildman–Crippen LogP) is 2.46. The molecule has 0 aromatic heterocycles. The lowest BCUT2D eigenvalue weighted by Gasteiger charge is -2.23. The Bertz CT molecular complexity index is 509. The predicted molar refractivity (Wildman–Crippen MR) is 89.3 cm³/mol. The molecule has 1 atom stereocenters. The third-order valence-corrected chi connectivity index (χ3v) is 4.45. The Labute approximate surface area is 137 Å². The fourth-order valence-corrected chi connectivity index (χ4v) is 3.14. The van der Waals surface area contributed by atoms with Crippen LogP contribution in [-0.2, 0) is 20.9 Å². The van der Waals surface area contributed by atoms with Crippen molar-refractivity contribution in [2.75, 3.05) is 25.0 Å². The first-order valence-electron chi connectivity index (χ1n) is 8.65. The highest BCUT2D eigenvalue weighted by Gasteiger charge is 2.21. The summed E-state index contributed by atoms with van der Waals surface area (Å²) >= 11 is 0. The van der Waals surface area contributed by atoms with Crippen LogP contribution in [0.25, 0.3) is 0 Å². The van der Waals surface area contributed by atoms with E-state index in [-0.39, 0.29) is 5.91 Å². The van der Waals surface area contributed by atoms with Crippen molar-refractivity contribution < 1.29 is 14.3 Å². The Kier molecular flexibility index (Phi) is 6.02. The Balaban J connectivity index is 1.51. The van der Waals surface area contributed by atoms with Gasteiger partial charge in [-0.25, -0.2) is 0 Å². The second kappa shape index (κ2) is 8.43. The molecular weight excluding hydrogens is 292 g/mol. The zero-order valence-corrected chi connectivity index (χ0v) is 13.6. The van der Waals surface area contributed by atoms with Gasteiger partial charge >= 0.3 is 0 Å². The van der Waals surface area contributed by atoms with E-state index in [2.05, 4.69) is 10.6 Å². The standard InChI is InChI=1S/C18H26N2O3/c21-18(17-12-19-9-10-22-17)20-15-6-4-5-14(11-15)13-23-16-7-2-1-3-8-16/h4-6,11,16-17,19H,1-3,7-10,12-13H2,(H,20,21). The average molecular weight is 318 g/mol. The summed E-state index contributed by atoms with van der Waals surface area (Å²) in [6, 6.07) is 7.88. The summed E-state index contributed by atoms with van der Waals surface area (Å²) < 4.78 is 11.5. The number of hydrogen-bond acceptors (Lipinski definition) is 4. The van der Waals surface area contributed by atoms with Gasteiger partial charge in [0.15, 0.2) is 0 Å². The third-order valence-electron chi connectivity index (χ3n) is 4.45. The average Bonchev–Trinajstić information content (AvgIpc) is 2.62. The largest absolute Gasteiger partial charge is 0.374 e. The van der Waals surface area contributed by atoms with E-state index in [0.29, 0.717) is 25.9 Å². The monoisotopic (exact) mass is 318 g/mol. The number of carbonyl (C=O) groups is 1. The molecule has 1 aliphatic heterocycles. The van der Waals surface area contributed by atoms with Crippen molar-refractivity contribution in [1.82, 2.24) is 5.32 Å². The molecule has 2 N–H and O–H groups in total.